The van der Waals surface area contributed by atoms with E-state index in [0.717, 1.165) is 18.1 Å². The molecule has 2 nitrogen and oxygen atoms in total. The largest absolute Gasteiger partial charge is 0.465 e. The van der Waals surface area contributed by atoms with E-state index >= 15 is 0 Å². The Bertz CT molecular complexity index is 458. The van der Waals surface area contributed by atoms with Crippen molar-refractivity contribution in [1.82, 2.24) is 5.32 Å². The Morgan fingerprint density at radius 3 is 2.62 bits per heavy atom. The molecule has 0 aliphatic carbocycles. The molecule has 2 rings (SSSR count). The number of nitrogens with one attached hydrogen (secondary N) is 1. The number of rotatable bonds is 4. The van der Waals surface area contributed by atoms with E-state index in [-0.39, 0.29) is 6.04 Å². The topological polar surface area (TPSA) is 25.2 Å². The molecule has 1 atom stereocenters. The third-order valence-electron chi connectivity index (χ3n) is 2.57. The average molecular weight is 235 g/mol. The minimum absolute atomic E-state index is 0.260. The quantitative estimate of drug-likeness (QED) is 0.871. The molecule has 0 fully saturated rings. The lowest BCUT2D eigenvalue weighted by atomic mass is 10.2. The number of hydrogen-bond donors (Lipinski definition) is 1. The Balaban J connectivity index is 1.91. The highest BCUT2D eigenvalue weighted by atomic mass is 32.1. The van der Waals surface area contributed by atoms with Gasteiger partial charge >= 0.3 is 0 Å². The van der Waals surface area contributed by atoms with Gasteiger partial charge in [-0.3, -0.25) is 0 Å². The summed E-state index contributed by atoms with van der Waals surface area (Å²) in [6.07, 6.45) is 0. The van der Waals surface area contributed by atoms with Crippen LogP contribution >= 0.6 is 11.3 Å². The first-order valence-electron chi connectivity index (χ1n) is 5.50. The van der Waals surface area contributed by atoms with Crippen LogP contribution in [0.2, 0.25) is 0 Å². The van der Waals surface area contributed by atoms with E-state index < -0.39 is 0 Å². The van der Waals surface area contributed by atoms with Crippen molar-refractivity contribution < 1.29 is 4.42 Å². The van der Waals surface area contributed by atoms with Crippen molar-refractivity contribution in [3.8, 4) is 0 Å². The molecule has 2 aromatic heterocycles. The highest BCUT2D eigenvalue weighted by molar-refractivity contribution is 7.11. The van der Waals surface area contributed by atoms with Gasteiger partial charge in [0.1, 0.15) is 11.5 Å². The highest BCUT2D eigenvalue weighted by Gasteiger charge is 2.08. The molecule has 0 aliphatic rings. The molecule has 2 heterocycles. The van der Waals surface area contributed by atoms with Crippen LogP contribution in [0.3, 0.4) is 0 Å². The number of furan rings is 1. The molecule has 3 heteroatoms. The van der Waals surface area contributed by atoms with Gasteiger partial charge in [0, 0.05) is 16.3 Å². The van der Waals surface area contributed by atoms with Gasteiger partial charge in [0.05, 0.1) is 6.04 Å². The lowest BCUT2D eigenvalue weighted by Crippen LogP contribution is -2.16. The number of hydrogen-bond acceptors (Lipinski definition) is 3. The zero-order chi connectivity index (χ0) is 11.5. The van der Waals surface area contributed by atoms with Crippen LogP contribution in [0.25, 0.3) is 0 Å². The van der Waals surface area contributed by atoms with Crippen LogP contribution in [0.1, 0.15) is 34.2 Å². The average Bonchev–Trinajstić information content (AvgIpc) is 2.84. The summed E-state index contributed by atoms with van der Waals surface area (Å²) in [5.41, 5.74) is 0. The van der Waals surface area contributed by atoms with E-state index in [1.165, 1.54) is 9.75 Å². The fourth-order valence-electron chi connectivity index (χ4n) is 1.62. The zero-order valence-electron chi connectivity index (χ0n) is 9.91. The van der Waals surface area contributed by atoms with Crippen molar-refractivity contribution in [3.63, 3.8) is 0 Å². The lowest BCUT2D eigenvalue weighted by Gasteiger charge is -2.09. The van der Waals surface area contributed by atoms with Crippen molar-refractivity contribution in [3.05, 3.63) is 45.5 Å². The summed E-state index contributed by atoms with van der Waals surface area (Å²) in [6.45, 7) is 7.13. The summed E-state index contributed by atoms with van der Waals surface area (Å²) in [4.78, 5) is 2.73. The minimum atomic E-state index is 0.260. The summed E-state index contributed by atoms with van der Waals surface area (Å²) in [7, 11) is 0. The fourth-order valence-corrected chi connectivity index (χ4v) is 2.46. The van der Waals surface area contributed by atoms with Gasteiger partial charge < -0.3 is 9.73 Å². The molecule has 0 amide bonds. The second-order valence-corrected chi connectivity index (χ2v) is 5.44. The summed E-state index contributed by atoms with van der Waals surface area (Å²) < 4.78 is 5.58. The molecule has 0 saturated heterocycles. The predicted molar refractivity (Wildman–Crippen MR) is 67.8 cm³/mol. The van der Waals surface area contributed by atoms with Crippen LogP contribution in [0.4, 0.5) is 0 Å². The standard InChI is InChI=1S/C13H17NOS/c1-9-4-7-13(15-9)11(3)14-8-12-6-5-10(2)16-12/h4-7,11,14H,8H2,1-3H3. The zero-order valence-corrected chi connectivity index (χ0v) is 10.7. The molecule has 0 saturated carbocycles. The molecular weight excluding hydrogens is 218 g/mol. The van der Waals surface area contributed by atoms with Crippen molar-refractivity contribution in [2.24, 2.45) is 0 Å². The molecule has 2 aromatic rings. The first-order valence-corrected chi connectivity index (χ1v) is 6.32. The Hall–Kier alpha value is -1.06. The third kappa shape index (κ3) is 2.74. The molecule has 1 unspecified atom stereocenters. The molecular formula is C13H17NOS. The first kappa shape index (κ1) is 11.4. The van der Waals surface area contributed by atoms with Crippen LogP contribution in [0, 0.1) is 13.8 Å². The molecule has 1 N–H and O–H groups in total. The van der Waals surface area contributed by atoms with Crippen LogP contribution in [-0.4, -0.2) is 0 Å². The van der Waals surface area contributed by atoms with Crippen molar-refractivity contribution in [2.45, 2.75) is 33.4 Å². The van der Waals surface area contributed by atoms with Crippen LogP contribution in [-0.2, 0) is 6.54 Å². The molecule has 0 radical (unpaired) electrons. The number of thiophene rings is 1. The van der Waals surface area contributed by atoms with Crippen molar-refractivity contribution >= 4 is 11.3 Å². The van der Waals surface area contributed by atoms with Gasteiger partial charge in [0.15, 0.2) is 0 Å². The Morgan fingerprint density at radius 1 is 1.25 bits per heavy atom. The summed E-state index contributed by atoms with van der Waals surface area (Å²) in [5.74, 6) is 1.97. The van der Waals surface area contributed by atoms with Gasteiger partial charge in [0.25, 0.3) is 0 Å². The van der Waals surface area contributed by atoms with Gasteiger partial charge in [-0.05, 0) is 45.0 Å². The van der Waals surface area contributed by atoms with Gasteiger partial charge in [0.2, 0.25) is 0 Å². The summed E-state index contributed by atoms with van der Waals surface area (Å²) in [6, 6.07) is 8.63. The summed E-state index contributed by atoms with van der Waals surface area (Å²) >= 11 is 1.84. The van der Waals surface area contributed by atoms with E-state index in [1.54, 1.807) is 0 Å². The Labute approximate surface area is 100 Å². The molecule has 86 valence electrons. The number of aryl methyl sites for hydroxylation is 2. The maximum Gasteiger partial charge on any atom is 0.120 e. The maximum absolute atomic E-state index is 5.58. The normalized spacial score (nSPS) is 12.9. The fraction of sp³-hybridized carbons (Fsp3) is 0.385. The predicted octanol–water partition coefficient (Wildman–Crippen LogP) is 3.81. The lowest BCUT2D eigenvalue weighted by molar-refractivity contribution is 0.416. The third-order valence-corrected chi connectivity index (χ3v) is 3.57. The van der Waals surface area contributed by atoms with Gasteiger partial charge in [-0.25, -0.2) is 0 Å². The SMILES string of the molecule is Cc1ccc(C(C)NCc2ccc(C)s2)o1. The second-order valence-electron chi connectivity index (χ2n) is 4.06. The van der Waals surface area contributed by atoms with E-state index in [1.807, 2.05) is 30.4 Å². The van der Waals surface area contributed by atoms with Crippen LogP contribution in [0.5, 0.6) is 0 Å². The van der Waals surface area contributed by atoms with Crippen LogP contribution < -0.4 is 5.32 Å². The van der Waals surface area contributed by atoms with Crippen molar-refractivity contribution in [1.29, 1.82) is 0 Å². The van der Waals surface area contributed by atoms with Crippen molar-refractivity contribution in [2.75, 3.05) is 0 Å². The van der Waals surface area contributed by atoms with Crippen LogP contribution in [0.15, 0.2) is 28.7 Å². The Morgan fingerprint density at radius 2 is 2.06 bits per heavy atom. The van der Waals surface area contributed by atoms with E-state index in [0.29, 0.717) is 0 Å². The molecule has 0 aliphatic heterocycles. The van der Waals surface area contributed by atoms with E-state index in [2.05, 4.69) is 31.3 Å². The van der Waals surface area contributed by atoms with Gasteiger partial charge in [-0.1, -0.05) is 0 Å². The van der Waals surface area contributed by atoms with E-state index in [9.17, 15) is 0 Å². The first-order chi connectivity index (χ1) is 7.65. The van der Waals surface area contributed by atoms with Gasteiger partial charge in [-0.2, -0.15) is 0 Å². The smallest absolute Gasteiger partial charge is 0.120 e. The van der Waals surface area contributed by atoms with Gasteiger partial charge in [-0.15, -0.1) is 11.3 Å². The molecule has 16 heavy (non-hydrogen) atoms. The molecule has 0 bridgehead atoms. The molecule has 0 spiro atoms. The molecule has 0 aromatic carbocycles. The second kappa shape index (κ2) is 4.85. The summed E-state index contributed by atoms with van der Waals surface area (Å²) in [5, 5.41) is 3.46. The van der Waals surface area contributed by atoms with E-state index in [4.69, 9.17) is 4.42 Å². The Kier molecular flexibility index (Phi) is 3.46. The minimum Gasteiger partial charge on any atom is -0.465 e. The maximum atomic E-state index is 5.58. The monoisotopic (exact) mass is 235 g/mol. The highest BCUT2D eigenvalue weighted by Crippen LogP contribution is 2.18.